The number of nitrogens with one attached hydrogen (secondary N) is 2. The number of sulfonamides is 2. The highest BCUT2D eigenvalue weighted by Gasteiger charge is 2.20. The Morgan fingerprint density at radius 1 is 0.741 bits per heavy atom. The number of benzene rings is 3. The summed E-state index contributed by atoms with van der Waals surface area (Å²) in [6.45, 7) is 0. The van der Waals surface area contributed by atoms with Gasteiger partial charge in [0.25, 0.3) is 10.0 Å². The lowest BCUT2D eigenvalue weighted by atomic mass is 10.0. The topological polar surface area (TPSA) is 92.3 Å². The fraction of sp³-hybridized carbons (Fsp3) is 0.158. The maximum Gasteiger partial charge on any atom is 0.261 e. The molecule has 0 saturated carbocycles. The average Bonchev–Trinajstić information content (AvgIpc) is 3.09. The van der Waals surface area contributed by atoms with E-state index in [1.54, 1.807) is 6.07 Å². The predicted molar refractivity (Wildman–Crippen MR) is 105 cm³/mol. The SMILES string of the molecule is CNS(=O)(=O)c1ccc(S(=O)(=O)Nc2ccc3c4c(cccc24)CC3)cc1. The molecule has 0 amide bonds. The molecule has 0 saturated heterocycles. The van der Waals surface area contributed by atoms with Gasteiger partial charge in [-0.25, -0.2) is 21.6 Å². The van der Waals surface area contributed by atoms with Crippen molar-refractivity contribution in [3.63, 3.8) is 0 Å². The van der Waals surface area contributed by atoms with Crippen molar-refractivity contribution in [1.29, 1.82) is 0 Å². The summed E-state index contributed by atoms with van der Waals surface area (Å²) in [4.78, 5) is 0.00934. The maximum absolute atomic E-state index is 12.8. The first kappa shape index (κ1) is 18.0. The second-order valence-electron chi connectivity index (χ2n) is 6.40. The van der Waals surface area contributed by atoms with E-state index in [1.165, 1.54) is 42.4 Å². The van der Waals surface area contributed by atoms with Gasteiger partial charge in [-0.15, -0.1) is 0 Å². The third kappa shape index (κ3) is 3.09. The molecular formula is C19H18N2O4S2. The molecule has 0 bridgehead atoms. The Morgan fingerprint density at radius 2 is 1.33 bits per heavy atom. The van der Waals surface area contributed by atoms with Gasteiger partial charge in [0.15, 0.2) is 0 Å². The Bertz CT molecular complexity index is 1240. The molecule has 2 N–H and O–H groups in total. The van der Waals surface area contributed by atoms with Crippen molar-refractivity contribution in [1.82, 2.24) is 4.72 Å². The minimum absolute atomic E-state index is 0.000746. The van der Waals surface area contributed by atoms with Gasteiger partial charge in [0.05, 0.1) is 15.5 Å². The molecule has 0 unspecified atom stereocenters. The molecule has 3 aromatic rings. The Morgan fingerprint density at radius 3 is 1.96 bits per heavy atom. The maximum atomic E-state index is 12.8. The summed E-state index contributed by atoms with van der Waals surface area (Å²) in [5.41, 5.74) is 2.97. The van der Waals surface area contributed by atoms with E-state index < -0.39 is 20.0 Å². The van der Waals surface area contributed by atoms with E-state index >= 15 is 0 Å². The molecule has 0 atom stereocenters. The minimum atomic E-state index is -3.84. The minimum Gasteiger partial charge on any atom is -0.279 e. The molecule has 0 aromatic heterocycles. The van der Waals surface area contributed by atoms with Gasteiger partial charge in [0.2, 0.25) is 10.0 Å². The second-order valence-corrected chi connectivity index (χ2v) is 9.97. The summed E-state index contributed by atoms with van der Waals surface area (Å²) >= 11 is 0. The summed E-state index contributed by atoms with van der Waals surface area (Å²) in [7, 11) is -6.16. The van der Waals surface area contributed by atoms with Gasteiger partial charge in [0, 0.05) is 5.39 Å². The number of anilines is 1. The van der Waals surface area contributed by atoms with Crippen molar-refractivity contribution in [2.45, 2.75) is 22.6 Å². The molecule has 0 radical (unpaired) electrons. The van der Waals surface area contributed by atoms with Gasteiger partial charge in [0.1, 0.15) is 0 Å². The van der Waals surface area contributed by atoms with Crippen LogP contribution in [0.1, 0.15) is 11.1 Å². The van der Waals surface area contributed by atoms with Crippen molar-refractivity contribution in [2.75, 3.05) is 11.8 Å². The van der Waals surface area contributed by atoms with Crippen LogP contribution in [0.3, 0.4) is 0 Å². The summed E-state index contributed by atoms with van der Waals surface area (Å²) in [5, 5.41) is 1.99. The molecule has 4 rings (SSSR count). The number of aryl methyl sites for hydroxylation is 2. The van der Waals surface area contributed by atoms with Crippen LogP contribution in [0.25, 0.3) is 10.8 Å². The van der Waals surface area contributed by atoms with Crippen LogP contribution in [0.4, 0.5) is 5.69 Å². The normalized spacial score (nSPS) is 13.8. The van der Waals surface area contributed by atoms with E-state index in [-0.39, 0.29) is 9.79 Å². The van der Waals surface area contributed by atoms with Gasteiger partial charge >= 0.3 is 0 Å². The fourth-order valence-corrected chi connectivity index (χ4v) is 5.27. The van der Waals surface area contributed by atoms with E-state index in [0.717, 1.165) is 23.6 Å². The molecule has 140 valence electrons. The molecule has 6 nitrogen and oxygen atoms in total. The van der Waals surface area contributed by atoms with Gasteiger partial charge in [-0.1, -0.05) is 24.3 Å². The average molecular weight is 402 g/mol. The first-order valence-electron chi connectivity index (χ1n) is 8.42. The highest BCUT2D eigenvalue weighted by Crippen LogP contribution is 2.35. The molecule has 0 aliphatic heterocycles. The van der Waals surface area contributed by atoms with Crippen LogP contribution >= 0.6 is 0 Å². The van der Waals surface area contributed by atoms with E-state index in [1.807, 2.05) is 18.2 Å². The molecule has 1 aliphatic rings. The van der Waals surface area contributed by atoms with Crippen LogP contribution in [0.15, 0.2) is 64.4 Å². The van der Waals surface area contributed by atoms with Crippen LogP contribution in [0, 0.1) is 0 Å². The molecule has 0 spiro atoms. The quantitative estimate of drug-likeness (QED) is 0.686. The predicted octanol–water partition coefficient (Wildman–Crippen LogP) is 2.65. The zero-order valence-electron chi connectivity index (χ0n) is 14.6. The van der Waals surface area contributed by atoms with E-state index in [9.17, 15) is 16.8 Å². The zero-order chi connectivity index (χ0) is 19.2. The number of hydrogen-bond acceptors (Lipinski definition) is 4. The molecule has 0 heterocycles. The largest absolute Gasteiger partial charge is 0.279 e. The lowest BCUT2D eigenvalue weighted by Crippen LogP contribution is -2.19. The summed E-state index contributed by atoms with van der Waals surface area (Å²) in [5.74, 6) is 0. The lowest BCUT2D eigenvalue weighted by Gasteiger charge is -2.12. The van der Waals surface area contributed by atoms with Gasteiger partial charge < -0.3 is 0 Å². The third-order valence-corrected chi connectivity index (χ3v) is 7.65. The monoisotopic (exact) mass is 402 g/mol. The summed E-state index contributed by atoms with van der Waals surface area (Å²) in [6, 6.07) is 14.8. The smallest absolute Gasteiger partial charge is 0.261 e. The van der Waals surface area contributed by atoms with Gasteiger partial charge in [-0.05, 0) is 66.7 Å². The van der Waals surface area contributed by atoms with Crippen molar-refractivity contribution in [3.8, 4) is 0 Å². The standard InChI is InChI=1S/C19H18N2O4S2/c1-20-26(22,23)15-8-10-16(11-9-15)27(24,25)21-18-12-7-14-6-5-13-3-2-4-17(18)19(13)14/h2-4,7-12,20-21H,5-6H2,1H3. The third-order valence-electron chi connectivity index (χ3n) is 4.83. The van der Waals surface area contributed by atoms with Crippen LogP contribution < -0.4 is 9.44 Å². The Balaban J connectivity index is 1.72. The van der Waals surface area contributed by atoms with Gasteiger partial charge in [-0.2, -0.15) is 0 Å². The van der Waals surface area contributed by atoms with E-state index in [4.69, 9.17) is 0 Å². The van der Waals surface area contributed by atoms with Crippen molar-refractivity contribution >= 4 is 36.5 Å². The Kier molecular flexibility index (Phi) is 4.21. The van der Waals surface area contributed by atoms with Crippen LogP contribution in [-0.2, 0) is 32.9 Å². The highest BCUT2D eigenvalue weighted by atomic mass is 32.2. The van der Waals surface area contributed by atoms with Crippen molar-refractivity contribution < 1.29 is 16.8 Å². The van der Waals surface area contributed by atoms with E-state index in [0.29, 0.717) is 5.69 Å². The highest BCUT2D eigenvalue weighted by molar-refractivity contribution is 7.92. The molecular weight excluding hydrogens is 384 g/mol. The number of rotatable bonds is 5. The molecule has 27 heavy (non-hydrogen) atoms. The van der Waals surface area contributed by atoms with Crippen LogP contribution in [-0.4, -0.2) is 23.9 Å². The van der Waals surface area contributed by atoms with Crippen LogP contribution in [0.2, 0.25) is 0 Å². The summed E-state index contributed by atoms with van der Waals surface area (Å²) in [6.07, 6.45) is 1.93. The van der Waals surface area contributed by atoms with E-state index in [2.05, 4.69) is 15.5 Å². The zero-order valence-corrected chi connectivity index (χ0v) is 16.2. The Hall–Kier alpha value is -2.42. The Labute approximate surface area is 158 Å². The molecule has 3 aromatic carbocycles. The molecule has 0 fully saturated rings. The molecule has 8 heteroatoms. The van der Waals surface area contributed by atoms with Crippen molar-refractivity contribution in [3.05, 3.63) is 65.7 Å². The first-order valence-corrected chi connectivity index (χ1v) is 11.4. The molecule has 1 aliphatic carbocycles. The van der Waals surface area contributed by atoms with Crippen LogP contribution in [0.5, 0.6) is 0 Å². The second kappa shape index (κ2) is 6.33. The summed E-state index contributed by atoms with van der Waals surface area (Å²) < 4.78 is 54.0. The van der Waals surface area contributed by atoms with Crippen molar-refractivity contribution in [2.24, 2.45) is 0 Å². The van der Waals surface area contributed by atoms with Gasteiger partial charge in [-0.3, -0.25) is 4.72 Å². The number of hydrogen-bond donors (Lipinski definition) is 2. The first-order chi connectivity index (χ1) is 12.8. The lowest BCUT2D eigenvalue weighted by molar-refractivity contribution is 0.587. The fourth-order valence-electron chi connectivity index (χ4n) is 3.46.